The average molecular weight is 317 g/mol. The highest BCUT2D eigenvalue weighted by molar-refractivity contribution is 7.10. The summed E-state index contributed by atoms with van der Waals surface area (Å²) in [6.45, 7) is 2.77. The molecule has 6 heteroatoms. The fourth-order valence-electron chi connectivity index (χ4n) is 3.09. The van der Waals surface area contributed by atoms with Gasteiger partial charge in [-0.15, -0.1) is 11.3 Å². The Morgan fingerprint density at radius 1 is 1.45 bits per heavy atom. The molecule has 3 heterocycles. The number of carbonyl (C=O) groups excluding carboxylic acids is 1. The smallest absolute Gasteiger partial charge is 0.231 e. The molecule has 1 saturated heterocycles. The molecule has 0 spiro atoms. The number of likely N-dealkylation sites (tertiary alicyclic amines) is 1. The summed E-state index contributed by atoms with van der Waals surface area (Å²) in [5.74, 6) is 1.96. The predicted molar refractivity (Wildman–Crippen MR) is 82.7 cm³/mol. The third kappa shape index (κ3) is 2.45. The lowest BCUT2D eigenvalue weighted by molar-refractivity contribution is -0.133. The molecule has 5 nitrogen and oxygen atoms in total. The van der Waals surface area contributed by atoms with E-state index in [1.165, 1.54) is 0 Å². The second-order valence-corrected chi connectivity index (χ2v) is 7.17. The lowest BCUT2D eigenvalue weighted by Crippen LogP contribution is -2.34. The molecular formula is C16H19N3O2S. The van der Waals surface area contributed by atoms with Gasteiger partial charge in [-0.2, -0.15) is 4.98 Å². The number of hydrogen-bond donors (Lipinski definition) is 0. The molecule has 4 rings (SSSR count). The number of amides is 1. The van der Waals surface area contributed by atoms with Crippen LogP contribution in [0.25, 0.3) is 0 Å². The van der Waals surface area contributed by atoms with Gasteiger partial charge >= 0.3 is 0 Å². The van der Waals surface area contributed by atoms with E-state index in [-0.39, 0.29) is 17.9 Å². The van der Waals surface area contributed by atoms with Gasteiger partial charge < -0.3 is 9.42 Å². The quantitative estimate of drug-likeness (QED) is 0.866. The Morgan fingerprint density at radius 3 is 3.05 bits per heavy atom. The molecule has 2 atom stereocenters. The standard InChI is InChI=1S/C16H19N3O2S/c1-10(13-5-3-9-22-13)16(20)19-8-2-4-12(19)14-17-15(21-18-14)11-6-7-11/h3,5,9-12H,2,4,6-8H2,1H3/t10-,12-/m1/s1. The molecule has 2 aliphatic rings. The molecule has 0 N–H and O–H groups in total. The van der Waals surface area contributed by atoms with Crippen LogP contribution in [0.3, 0.4) is 0 Å². The van der Waals surface area contributed by atoms with Crippen LogP contribution in [0, 0.1) is 0 Å². The van der Waals surface area contributed by atoms with Crippen LogP contribution in [0.2, 0.25) is 0 Å². The number of hydrogen-bond acceptors (Lipinski definition) is 5. The minimum Gasteiger partial charge on any atom is -0.339 e. The topological polar surface area (TPSA) is 59.2 Å². The first kappa shape index (κ1) is 13.9. The van der Waals surface area contributed by atoms with Crippen LogP contribution in [-0.4, -0.2) is 27.5 Å². The molecule has 22 heavy (non-hydrogen) atoms. The van der Waals surface area contributed by atoms with Crippen LogP contribution in [0.5, 0.6) is 0 Å². The fourth-order valence-corrected chi connectivity index (χ4v) is 3.86. The Bertz CT molecular complexity index is 663. The van der Waals surface area contributed by atoms with Gasteiger partial charge in [0, 0.05) is 17.3 Å². The van der Waals surface area contributed by atoms with Crippen LogP contribution >= 0.6 is 11.3 Å². The highest BCUT2D eigenvalue weighted by atomic mass is 32.1. The zero-order valence-electron chi connectivity index (χ0n) is 12.6. The summed E-state index contributed by atoms with van der Waals surface area (Å²) < 4.78 is 5.36. The van der Waals surface area contributed by atoms with E-state index in [1.807, 2.05) is 29.3 Å². The van der Waals surface area contributed by atoms with Gasteiger partial charge in [-0.25, -0.2) is 0 Å². The fraction of sp³-hybridized carbons (Fsp3) is 0.562. The Labute approximate surface area is 133 Å². The number of nitrogens with zero attached hydrogens (tertiary/aromatic N) is 3. The molecule has 2 fully saturated rings. The molecule has 1 aliphatic heterocycles. The summed E-state index contributed by atoms with van der Waals surface area (Å²) >= 11 is 1.63. The molecule has 116 valence electrons. The molecule has 2 aromatic heterocycles. The van der Waals surface area contributed by atoms with Gasteiger partial charge in [-0.3, -0.25) is 4.79 Å². The zero-order valence-corrected chi connectivity index (χ0v) is 13.4. The summed E-state index contributed by atoms with van der Waals surface area (Å²) in [6.07, 6.45) is 4.21. The van der Waals surface area contributed by atoms with Crippen molar-refractivity contribution in [3.63, 3.8) is 0 Å². The number of aromatic nitrogens is 2. The Morgan fingerprint density at radius 2 is 2.32 bits per heavy atom. The third-order valence-electron chi connectivity index (χ3n) is 4.56. The van der Waals surface area contributed by atoms with E-state index in [4.69, 9.17) is 4.52 Å². The maximum atomic E-state index is 12.8. The van der Waals surface area contributed by atoms with Crippen molar-refractivity contribution < 1.29 is 9.32 Å². The molecule has 0 radical (unpaired) electrons. The van der Waals surface area contributed by atoms with Crippen LogP contribution in [-0.2, 0) is 4.79 Å². The Kier molecular flexibility index (Phi) is 3.48. The molecule has 0 unspecified atom stereocenters. The van der Waals surface area contributed by atoms with Crippen LogP contribution in [0.15, 0.2) is 22.0 Å². The molecule has 0 bridgehead atoms. The van der Waals surface area contributed by atoms with Gasteiger partial charge in [0.2, 0.25) is 11.8 Å². The Hall–Kier alpha value is -1.69. The molecule has 1 amide bonds. The maximum Gasteiger partial charge on any atom is 0.231 e. The van der Waals surface area contributed by atoms with Crippen LogP contribution in [0.4, 0.5) is 0 Å². The van der Waals surface area contributed by atoms with Gasteiger partial charge in [0.1, 0.15) is 0 Å². The highest BCUT2D eigenvalue weighted by Gasteiger charge is 2.37. The summed E-state index contributed by atoms with van der Waals surface area (Å²) in [5.41, 5.74) is 0. The van der Waals surface area contributed by atoms with Crippen molar-refractivity contribution in [2.24, 2.45) is 0 Å². The van der Waals surface area contributed by atoms with Crippen molar-refractivity contribution >= 4 is 17.2 Å². The second-order valence-electron chi connectivity index (χ2n) is 6.19. The van der Waals surface area contributed by atoms with Crippen molar-refractivity contribution in [3.8, 4) is 0 Å². The summed E-state index contributed by atoms with van der Waals surface area (Å²) in [7, 11) is 0. The van der Waals surface area contributed by atoms with Crippen molar-refractivity contribution in [2.45, 2.75) is 50.5 Å². The first-order valence-corrected chi connectivity index (χ1v) is 8.79. The molecular weight excluding hydrogens is 298 g/mol. The molecule has 1 aliphatic carbocycles. The van der Waals surface area contributed by atoms with Gasteiger partial charge in [0.05, 0.1) is 12.0 Å². The monoisotopic (exact) mass is 317 g/mol. The predicted octanol–water partition coefficient (Wildman–Crippen LogP) is 3.48. The normalized spacial score (nSPS) is 23.0. The third-order valence-corrected chi connectivity index (χ3v) is 5.61. The summed E-state index contributed by atoms with van der Waals surface area (Å²) in [4.78, 5) is 20.4. The van der Waals surface area contributed by atoms with E-state index in [1.54, 1.807) is 11.3 Å². The SMILES string of the molecule is C[C@@H](C(=O)N1CCC[C@@H]1c1noc(C2CC2)n1)c1cccs1. The van der Waals surface area contributed by atoms with Crippen molar-refractivity contribution in [1.29, 1.82) is 0 Å². The summed E-state index contributed by atoms with van der Waals surface area (Å²) in [5, 5.41) is 6.15. The minimum atomic E-state index is -0.101. The highest BCUT2D eigenvalue weighted by Crippen LogP contribution is 2.40. The minimum absolute atomic E-state index is 0.0221. The van der Waals surface area contributed by atoms with E-state index >= 15 is 0 Å². The maximum absolute atomic E-state index is 12.8. The van der Waals surface area contributed by atoms with Crippen molar-refractivity contribution in [3.05, 3.63) is 34.1 Å². The molecule has 2 aromatic rings. The second kappa shape index (κ2) is 5.50. The largest absolute Gasteiger partial charge is 0.339 e. The first-order chi connectivity index (χ1) is 10.7. The van der Waals surface area contributed by atoms with E-state index in [0.717, 1.165) is 43.0 Å². The molecule has 1 saturated carbocycles. The average Bonchev–Trinajstić information content (AvgIpc) is 3.02. The van der Waals surface area contributed by atoms with Crippen molar-refractivity contribution in [1.82, 2.24) is 15.0 Å². The van der Waals surface area contributed by atoms with Crippen molar-refractivity contribution in [2.75, 3.05) is 6.54 Å². The van der Waals surface area contributed by atoms with Gasteiger partial charge in [-0.1, -0.05) is 11.2 Å². The van der Waals surface area contributed by atoms with E-state index in [2.05, 4.69) is 10.1 Å². The van der Waals surface area contributed by atoms with E-state index in [9.17, 15) is 4.79 Å². The lowest BCUT2D eigenvalue weighted by atomic mass is 10.1. The Balaban J connectivity index is 1.53. The van der Waals surface area contributed by atoms with E-state index < -0.39 is 0 Å². The van der Waals surface area contributed by atoms with Crippen LogP contribution < -0.4 is 0 Å². The van der Waals surface area contributed by atoms with Crippen LogP contribution in [0.1, 0.15) is 67.1 Å². The lowest BCUT2D eigenvalue weighted by Gasteiger charge is -2.25. The van der Waals surface area contributed by atoms with Gasteiger partial charge in [0.25, 0.3) is 0 Å². The van der Waals surface area contributed by atoms with E-state index in [0.29, 0.717) is 11.7 Å². The number of carbonyl (C=O) groups is 1. The van der Waals surface area contributed by atoms with Gasteiger partial charge in [0.15, 0.2) is 5.82 Å². The number of thiophene rings is 1. The first-order valence-electron chi connectivity index (χ1n) is 7.91. The van der Waals surface area contributed by atoms with Gasteiger partial charge in [-0.05, 0) is 44.1 Å². The molecule has 0 aromatic carbocycles. The summed E-state index contributed by atoms with van der Waals surface area (Å²) in [6, 6.07) is 4.00. The number of rotatable bonds is 4. The zero-order chi connectivity index (χ0) is 15.1.